The smallest absolute Gasteiger partial charge is 0.258 e. The minimum atomic E-state index is -0.328. The number of amides is 1. The zero-order valence-electron chi connectivity index (χ0n) is 17.4. The number of rotatable bonds is 8. The first-order valence-corrected chi connectivity index (χ1v) is 10.1. The maximum absolute atomic E-state index is 12.6. The van der Waals surface area contributed by atoms with Gasteiger partial charge in [-0.05, 0) is 30.3 Å². The van der Waals surface area contributed by atoms with Crippen LogP contribution in [0.15, 0.2) is 54.6 Å². The molecule has 4 rings (SSSR count). The first kappa shape index (κ1) is 21.4. The predicted molar refractivity (Wildman–Crippen MR) is 119 cm³/mol. The molecule has 4 aromatic rings. The monoisotopic (exact) mass is 453 g/mol. The number of nitrogens with zero attached hydrogens (tertiary/aromatic N) is 4. The lowest BCUT2D eigenvalue weighted by atomic mass is 10.1. The quantitative estimate of drug-likeness (QED) is 0.409. The van der Waals surface area contributed by atoms with Gasteiger partial charge in [-0.2, -0.15) is 4.52 Å². The van der Waals surface area contributed by atoms with E-state index in [0.29, 0.717) is 45.0 Å². The van der Waals surface area contributed by atoms with Crippen molar-refractivity contribution in [2.45, 2.75) is 0 Å². The number of hydrogen-bond acceptors (Lipinski definition) is 7. The number of nitrogens with one attached hydrogen (secondary N) is 1. The molecule has 0 aliphatic rings. The molecule has 0 fully saturated rings. The van der Waals surface area contributed by atoms with Crippen LogP contribution in [0.1, 0.15) is 10.4 Å². The Kier molecular flexibility index (Phi) is 6.37. The van der Waals surface area contributed by atoms with Crippen LogP contribution >= 0.6 is 11.6 Å². The van der Waals surface area contributed by atoms with Crippen molar-refractivity contribution in [1.82, 2.24) is 25.1 Å². The van der Waals surface area contributed by atoms with E-state index in [0.717, 1.165) is 0 Å². The van der Waals surface area contributed by atoms with Crippen LogP contribution in [0.5, 0.6) is 17.4 Å². The number of fused-ring (bicyclic) bond motifs is 1. The highest BCUT2D eigenvalue weighted by atomic mass is 35.5. The number of ether oxygens (including phenoxy) is 3. The Hall–Kier alpha value is -3.85. The van der Waals surface area contributed by atoms with Crippen molar-refractivity contribution < 1.29 is 19.0 Å². The van der Waals surface area contributed by atoms with Crippen molar-refractivity contribution >= 4 is 23.2 Å². The van der Waals surface area contributed by atoms with Gasteiger partial charge in [-0.3, -0.25) is 4.79 Å². The molecule has 0 radical (unpaired) electrons. The summed E-state index contributed by atoms with van der Waals surface area (Å²) < 4.78 is 17.8. The Morgan fingerprint density at radius 3 is 2.47 bits per heavy atom. The molecule has 0 atom stereocenters. The van der Waals surface area contributed by atoms with Gasteiger partial charge in [-0.15, -0.1) is 15.3 Å². The van der Waals surface area contributed by atoms with Gasteiger partial charge in [-0.1, -0.05) is 29.8 Å². The lowest BCUT2D eigenvalue weighted by molar-refractivity contribution is 0.0940. The summed E-state index contributed by atoms with van der Waals surface area (Å²) in [6, 6.07) is 15.9. The number of halogens is 1. The van der Waals surface area contributed by atoms with Crippen LogP contribution in [-0.4, -0.2) is 53.1 Å². The van der Waals surface area contributed by atoms with E-state index in [-0.39, 0.29) is 19.1 Å². The van der Waals surface area contributed by atoms with Gasteiger partial charge in [-0.25, -0.2) is 0 Å². The van der Waals surface area contributed by atoms with Crippen LogP contribution in [-0.2, 0) is 0 Å². The predicted octanol–water partition coefficient (Wildman–Crippen LogP) is 3.27. The summed E-state index contributed by atoms with van der Waals surface area (Å²) in [4.78, 5) is 12.6. The Balaban J connectivity index is 1.43. The van der Waals surface area contributed by atoms with Crippen molar-refractivity contribution in [2.24, 2.45) is 0 Å². The summed E-state index contributed by atoms with van der Waals surface area (Å²) in [7, 11) is 3.00. The summed E-state index contributed by atoms with van der Waals surface area (Å²) in [5.41, 5.74) is 1.60. The molecule has 0 saturated heterocycles. The van der Waals surface area contributed by atoms with E-state index in [2.05, 4.69) is 20.6 Å². The van der Waals surface area contributed by atoms with Gasteiger partial charge in [0, 0.05) is 11.6 Å². The van der Waals surface area contributed by atoms with Crippen molar-refractivity contribution in [3.63, 3.8) is 0 Å². The minimum absolute atomic E-state index is 0.200. The Labute approximate surface area is 188 Å². The molecule has 2 aromatic heterocycles. The van der Waals surface area contributed by atoms with Gasteiger partial charge in [0.1, 0.15) is 23.7 Å². The zero-order chi connectivity index (χ0) is 22.5. The molecule has 2 heterocycles. The van der Waals surface area contributed by atoms with E-state index in [1.807, 2.05) is 18.2 Å². The Morgan fingerprint density at radius 2 is 1.75 bits per heavy atom. The molecular weight excluding hydrogens is 434 g/mol. The molecule has 9 nitrogen and oxygen atoms in total. The topological polar surface area (TPSA) is 99.9 Å². The number of aromatic nitrogens is 4. The van der Waals surface area contributed by atoms with E-state index in [9.17, 15) is 4.79 Å². The number of carbonyl (C=O) groups is 1. The van der Waals surface area contributed by atoms with Crippen LogP contribution in [0.3, 0.4) is 0 Å². The van der Waals surface area contributed by atoms with Crippen LogP contribution in [0.4, 0.5) is 0 Å². The van der Waals surface area contributed by atoms with E-state index in [4.69, 9.17) is 25.8 Å². The first-order valence-electron chi connectivity index (χ1n) is 9.71. The normalized spacial score (nSPS) is 10.7. The van der Waals surface area contributed by atoms with Crippen molar-refractivity contribution in [2.75, 3.05) is 27.4 Å². The van der Waals surface area contributed by atoms with Gasteiger partial charge in [0.25, 0.3) is 5.91 Å². The van der Waals surface area contributed by atoms with Crippen molar-refractivity contribution in [1.29, 1.82) is 0 Å². The molecule has 164 valence electrons. The molecule has 1 N–H and O–H groups in total. The van der Waals surface area contributed by atoms with Gasteiger partial charge < -0.3 is 19.5 Å². The van der Waals surface area contributed by atoms with Crippen LogP contribution in [0.25, 0.3) is 17.0 Å². The highest BCUT2D eigenvalue weighted by molar-refractivity contribution is 6.33. The minimum Gasteiger partial charge on any atom is -0.496 e. The molecule has 0 aliphatic heterocycles. The van der Waals surface area contributed by atoms with E-state index in [1.165, 1.54) is 14.2 Å². The molecule has 1 amide bonds. The molecular formula is C22H20ClN5O4. The van der Waals surface area contributed by atoms with Crippen molar-refractivity contribution in [3.05, 3.63) is 65.2 Å². The third-order valence-corrected chi connectivity index (χ3v) is 4.98. The number of benzene rings is 2. The van der Waals surface area contributed by atoms with Gasteiger partial charge >= 0.3 is 0 Å². The fraction of sp³-hybridized carbons (Fsp3) is 0.182. The number of carbonyl (C=O) groups excluding carboxylic acids is 1. The van der Waals surface area contributed by atoms with E-state index < -0.39 is 0 Å². The molecule has 0 unspecified atom stereocenters. The summed E-state index contributed by atoms with van der Waals surface area (Å²) in [5, 5.41) is 16.1. The summed E-state index contributed by atoms with van der Waals surface area (Å²) in [5.74, 6) is 1.39. The van der Waals surface area contributed by atoms with Gasteiger partial charge in [0.05, 0.1) is 25.8 Å². The second-order valence-electron chi connectivity index (χ2n) is 6.59. The van der Waals surface area contributed by atoms with Crippen molar-refractivity contribution in [3.8, 4) is 28.8 Å². The second kappa shape index (κ2) is 9.52. The molecule has 2 aromatic carbocycles. The lowest BCUT2D eigenvalue weighted by Crippen LogP contribution is -2.29. The Bertz CT molecular complexity index is 1240. The van der Waals surface area contributed by atoms with E-state index >= 15 is 0 Å². The molecule has 0 saturated carbocycles. The van der Waals surface area contributed by atoms with Crippen LogP contribution < -0.4 is 19.5 Å². The average Bonchev–Trinajstić information content (AvgIpc) is 3.24. The number of hydrogen-bond donors (Lipinski definition) is 1. The Morgan fingerprint density at radius 1 is 1.00 bits per heavy atom. The average molecular weight is 454 g/mol. The fourth-order valence-corrected chi connectivity index (χ4v) is 3.36. The summed E-state index contributed by atoms with van der Waals surface area (Å²) in [6.07, 6.45) is 0. The molecule has 0 aliphatic carbocycles. The van der Waals surface area contributed by atoms with Crippen LogP contribution in [0, 0.1) is 0 Å². The van der Waals surface area contributed by atoms with Crippen LogP contribution in [0.2, 0.25) is 5.02 Å². The number of methoxy groups -OCH3 is 2. The summed E-state index contributed by atoms with van der Waals surface area (Å²) >= 11 is 6.28. The zero-order valence-corrected chi connectivity index (χ0v) is 18.2. The third kappa shape index (κ3) is 4.28. The lowest BCUT2D eigenvalue weighted by Gasteiger charge is -2.13. The second-order valence-corrected chi connectivity index (χ2v) is 6.99. The molecule has 32 heavy (non-hydrogen) atoms. The largest absolute Gasteiger partial charge is 0.496 e. The van der Waals surface area contributed by atoms with Gasteiger partial charge in [0.2, 0.25) is 5.88 Å². The highest BCUT2D eigenvalue weighted by Gasteiger charge is 2.18. The first-order chi connectivity index (χ1) is 15.6. The maximum Gasteiger partial charge on any atom is 0.258 e. The van der Waals surface area contributed by atoms with Gasteiger partial charge in [0.15, 0.2) is 11.5 Å². The van der Waals surface area contributed by atoms with E-state index in [1.54, 1.807) is 40.9 Å². The fourth-order valence-electron chi connectivity index (χ4n) is 3.14. The molecule has 0 bridgehead atoms. The third-order valence-electron chi connectivity index (χ3n) is 4.65. The highest BCUT2D eigenvalue weighted by Crippen LogP contribution is 2.28. The SMILES string of the molecule is COc1cccc(OC)c1C(=O)NCCOc1ccc2nnc(-c3ccccc3Cl)n2n1. The standard InChI is InChI=1S/C22H20ClN5O4/c1-30-16-8-5-9-17(31-2)20(16)22(29)24-12-13-32-19-11-10-18-25-26-21(28(18)27-19)14-6-3-4-7-15(14)23/h3-11H,12-13H2,1-2H3,(H,24,29). The summed E-state index contributed by atoms with van der Waals surface area (Å²) in [6.45, 7) is 0.449. The molecule has 0 spiro atoms. The maximum atomic E-state index is 12.6. The molecule has 10 heteroatoms.